The fourth-order valence-corrected chi connectivity index (χ4v) is 20.4. The molecule has 0 N–H and O–H groups in total. The van der Waals surface area contributed by atoms with Crippen molar-refractivity contribution in [3.8, 4) is 201 Å². The summed E-state index contributed by atoms with van der Waals surface area (Å²) in [6, 6.07) is 158. The van der Waals surface area contributed by atoms with E-state index in [9.17, 15) is 0 Å². The van der Waals surface area contributed by atoms with E-state index in [0.717, 1.165) is 266 Å². The Hall–Kier alpha value is -20.3. The van der Waals surface area contributed by atoms with Gasteiger partial charge in [-0.25, -0.2) is 9.97 Å². The normalized spacial score (nSPS) is 11.2. The van der Waals surface area contributed by atoms with Crippen LogP contribution in [0.4, 0.5) is 0 Å². The smallest absolute Gasteiger partial charge is 0.0978 e. The first kappa shape index (κ1) is 90.9. The molecule has 12 heteroatoms. The molecule has 27 aromatic rings. The predicted octanol–water partition coefficient (Wildman–Crippen LogP) is 34.7. The van der Waals surface area contributed by atoms with Crippen LogP contribution < -0.4 is 0 Å². The first-order valence-electron chi connectivity index (χ1n) is 50.0. The van der Waals surface area contributed by atoms with Crippen LogP contribution in [0.5, 0.6) is 0 Å². The Morgan fingerprint density at radius 3 is 0.640 bits per heavy atom. The van der Waals surface area contributed by atoms with Crippen molar-refractivity contribution in [1.82, 2.24) is 59.8 Å². The van der Waals surface area contributed by atoms with Crippen molar-refractivity contribution >= 4 is 65.4 Å². The summed E-state index contributed by atoms with van der Waals surface area (Å²) >= 11 is 0. The molecule has 0 bridgehead atoms. The van der Waals surface area contributed by atoms with Crippen molar-refractivity contribution in [2.45, 2.75) is 0 Å². The first-order valence-corrected chi connectivity index (χ1v) is 50.0. The summed E-state index contributed by atoms with van der Waals surface area (Å²) in [5.41, 5.74) is 45.4. The minimum absolute atomic E-state index is 0.891. The van der Waals surface area contributed by atoms with Gasteiger partial charge in [0.25, 0.3) is 0 Å². The van der Waals surface area contributed by atoms with Gasteiger partial charge in [0.15, 0.2) is 0 Å². The third-order valence-corrected chi connectivity index (χ3v) is 27.8. The van der Waals surface area contributed by atoms with Gasteiger partial charge in [-0.15, -0.1) is 0 Å². The zero-order chi connectivity index (χ0) is 99.8. The molecule has 0 unspecified atom stereocenters. The maximum absolute atomic E-state index is 5.31. The maximum atomic E-state index is 5.31. The molecule has 0 aliphatic heterocycles. The summed E-state index contributed by atoms with van der Waals surface area (Å²) in [6.45, 7) is 0. The van der Waals surface area contributed by atoms with Crippen molar-refractivity contribution in [3.63, 3.8) is 0 Å². The quantitative estimate of drug-likeness (QED) is 0.0751. The Kier molecular flexibility index (Phi) is 25.0. The lowest BCUT2D eigenvalue weighted by Crippen LogP contribution is -1.94. The number of hydrogen-bond donors (Lipinski definition) is 0. The van der Waals surface area contributed by atoms with E-state index in [2.05, 4.69) is 417 Å². The molecule has 12 nitrogen and oxygen atoms in total. The van der Waals surface area contributed by atoms with E-state index in [1.54, 1.807) is 12.4 Å². The largest absolute Gasteiger partial charge is 0.264 e. The molecular weight excluding hydrogens is 1830 g/mol. The van der Waals surface area contributed by atoms with Crippen LogP contribution in [-0.2, 0) is 0 Å². The molecule has 0 fully saturated rings. The number of fused-ring (bicyclic) bond motifs is 9. The SMILES string of the molecule is c1ccc(-c2cc(-c3cccc(-c4cccc(-c5cc(-c6cccnc6)cc(-c6cccnc6)c5)c4)c3)c3ccc4c(-c5ccccc5)ccnc4c3n2)cc1.c1ccc(-c2cc(-c3cccc(-c4cccc(-c5cc(-c6cccnc6)cc(-c6cccnc6)c5)c4)c3)c3ccc4cccnc4c3n2)cc1.c1cncc(-c2cc(-c3cccnc3)cc(-c3cccc(-c4cccc(-c5ccnc6c5ccc5cccnc56)c4)c3)c2)c1. The first-order chi connectivity index (χ1) is 74.3. The Morgan fingerprint density at radius 2 is 0.327 bits per heavy atom. The molecule has 702 valence electrons. The zero-order valence-corrected chi connectivity index (χ0v) is 81.3. The summed E-state index contributed by atoms with van der Waals surface area (Å²) in [4.78, 5) is 55.9. The van der Waals surface area contributed by atoms with E-state index in [-0.39, 0.29) is 0 Å². The fourth-order valence-electron chi connectivity index (χ4n) is 20.4. The molecule has 0 saturated heterocycles. The molecule has 0 radical (unpaired) electrons. The van der Waals surface area contributed by atoms with Crippen LogP contribution in [0.3, 0.4) is 0 Å². The molecular formula is C138H90N12. The lowest BCUT2D eigenvalue weighted by atomic mass is 9.91. The van der Waals surface area contributed by atoms with E-state index in [0.29, 0.717) is 0 Å². The van der Waals surface area contributed by atoms with E-state index in [1.165, 1.54) is 0 Å². The van der Waals surface area contributed by atoms with Crippen molar-refractivity contribution in [1.29, 1.82) is 0 Å². The average molecular weight is 1920 g/mol. The molecule has 15 aromatic carbocycles. The monoisotopic (exact) mass is 1910 g/mol. The van der Waals surface area contributed by atoms with Gasteiger partial charge in [-0.05, 0) is 308 Å². The van der Waals surface area contributed by atoms with Gasteiger partial charge in [0.1, 0.15) is 0 Å². The Morgan fingerprint density at radius 1 is 0.113 bits per heavy atom. The van der Waals surface area contributed by atoms with Crippen LogP contribution in [0.15, 0.2) is 548 Å². The van der Waals surface area contributed by atoms with Crippen LogP contribution in [0.2, 0.25) is 0 Å². The molecule has 12 aromatic heterocycles. The summed E-state index contributed by atoms with van der Waals surface area (Å²) in [5, 5.41) is 6.50. The Balaban J connectivity index is 0.000000117. The van der Waals surface area contributed by atoms with E-state index in [4.69, 9.17) is 24.9 Å². The number of hydrogen-bond acceptors (Lipinski definition) is 12. The zero-order valence-electron chi connectivity index (χ0n) is 81.3. The summed E-state index contributed by atoms with van der Waals surface area (Å²) < 4.78 is 0. The Labute approximate surface area is 867 Å². The Bertz CT molecular complexity index is 9500. The van der Waals surface area contributed by atoms with Gasteiger partial charge in [-0.3, -0.25) is 49.8 Å². The number of benzene rings is 15. The highest BCUT2D eigenvalue weighted by atomic mass is 14.8. The predicted molar refractivity (Wildman–Crippen MR) is 616 cm³/mol. The van der Waals surface area contributed by atoms with Crippen molar-refractivity contribution in [3.05, 3.63) is 548 Å². The molecule has 0 aliphatic rings. The van der Waals surface area contributed by atoms with Crippen LogP contribution in [-0.4, -0.2) is 59.8 Å². The highest BCUT2D eigenvalue weighted by Crippen LogP contribution is 2.46. The molecule has 0 saturated carbocycles. The van der Waals surface area contributed by atoms with Gasteiger partial charge >= 0.3 is 0 Å². The highest BCUT2D eigenvalue weighted by molar-refractivity contribution is 6.14. The minimum Gasteiger partial charge on any atom is -0.264 e. The molecule has 150 heavy (non-hydrogen) atoms. The van der Waals surface area contributed by atoms with Gasteiger partial charge < -0.3 is 0 Å². The standard InChI is InChI=1S/C52H34N4.C46H30N4.C40H26N4/c1-3-11-35(12-4-1)46-23-26-55-51-47(46)21-22-48-49(32-50(56-52(48)51)36-13-5-2-6-14-36)40-18-8-16-38(28-40)37-15-7-17-39(27-37)43-29-44(41-19-9-24-53-33-41)31-45(30-43)42-20-10-25-54-34-42;1-2-9-31(10-3-1)44-28-43(42-19-18-32-15-8-22-49-45(32)46(42)50-44)36-14-5-12-34(24-36)33-11-4-13-35(23-33)39-25-40(37-16-6-20-47-29-37)27-41(26-39)38-17-7-21-48-30-38;1-6-28(29-7-2-9-31(21-29)37-15-19-44-40-38(37)14-13-27-10-5-18-43-39(27)40)20-30(8-1)34-22-35(32-11-3-16-41-25-32)24-36(23-34)33-12-4-17-42-26-33/h1-34H;1-30H;1-26H. The van der Waals surface area contributed by atoms with Gasteiger partial charge in [-0.1, -0.05) is 285 Å². The van der Waals surface area contributed by atoms with Crippen molar-refractivity contribution in [2.75, 3.05) is 0 Å². The third-order valence-electron chi connectivity index (χ3n) is 27.8. The van der Waals surface area contributed by atoms with E-state index >= 15 is 0 Å². The highest BCUT2D eigenvalue weighted by Gasteiger charge is 2.22. The molecule has 0 amide bonds. The second-order valence-electron chi connectivity index (χ2n) is 37.2. The van der Waals surface area contributed by atoms with Crippen LogP contribution in [0.1, 0.15) is 0 Å². The van der Waals surface area contributed by atoms with Gasteiger partial charge in [0.05, 0.1) is 44.5 Å². The molecule has 0 spiro atoms. The lowest BCUT2D eigenvalue weighted by Gasteiger charge is -2.15. The minimum atomic E-state index is 0.891. The molecule has 12 heterocycles. The summed E-state index contributed by atoms with van der Waals surface area (Å²) in [6.07, 6.45) is 29.8. The van der Waals surface area contributed by atoms with Gasteiger partial charge in [-0.2, -0.15) is 0 Å². The number of rotatable bonds is 18. The lowest BCUT2D eigenvalue weighted by molar-refractivity contribution is 1.32. The molecule has 27 rings (SSSR count). The van der Waals surface area contributed by atoms with Crippen LogP contribution in [0.25, 0.3) is 266 Å². The number of pyridine rings is 12. The van der Waals surface area contributed by atoms with Gasteiger partial charge in [0.2, 0.25) is 0 Å². The average Bonchev–Trinajstić information content (AvgIpc) is 0.747. The number of aromatic nitrogens is 12. The summed E-state index contributed by atoms with van der Waals surface area (Å²) in [7, 11) is 0. The molecule has 0 atom stereocenters. The third kappa shape index (κ3) is 19.0. The van der Waals surface area contributed by atoms with E-state index < -0.39 is 0 Å². The topological polar surface area (TPSA) is 155 Å². The molecule has 0 aliphatic carbocycles. The maximum Gasteiger partial charge on any atom is 0.0978 e. The second-order valence-corrected chi connectivity index (χ2v) is 37.2. The second kappa shape index (κ2) is 41.2. The van der Waals surface area contributed by atoms with Gasteiger partial charge in [0, 0.05) is 176 Å². The van der Waals surface area contributed by atoms with Crippen molar-refractivity contribution < 1.29 is 0 Å². The number of nitrogens with zero attached hydrogens (tertiary/aromatic N) is 12. The fraction of sp³-hybridized carbons (Fsp3) is 0. The van der Waals surface area contributed by atoms with Crippen molar-refractivity contribution in [2.24, 2.45) is 0 Å². The van der Waals surface area contributed by atoms with E-state index in [1.807, 2.05) is 153 Å². The summed E-state index contributed by atoms with van der Waals surface area (Å²) in [5.74, 6) is 0. The van der Waals surface area contributed by atoms with Crippen LogP contribution in [0, 0.1) is 0 Å². The van der Waals surface area contributed by atoms with Crippen LogP contribution >= 0.6 is 0 Å².